The van der Waals surface area contributed by atoms with Gasteiger partial charge in [-0.2, -0.15) is 0 Å². The number of Topliss-reactive ketones (excluding diaryl/α,β-unsaturated/α-hetero) is 1. The Balaban J connectivity index is 1.81. The van der Waals surface area contributed by atoms with Crippen molar-refractivity contribution in [1.29, 1.82) is 0 Å². The van der Waals surface area contributed by atoms with Crippen molar-refractivity contribution in [3.05, 3.63) is 64.4 Å². The van der Waals surface area contributed by atoms with Crippen molar-refractivity contribution in [2.75, 3.05) is 13.2 Å². The monoisotopic (exact) mass is 349 g/mol. The molecular formula is C18H17ClFNO3. The summed E-state index contributed by atoms with van der Waals surface area (Å²) in [5.41, 5.74) is 1.26. The van der Waals surface area contributed by atoms with Gasteiger partial charge in [-0.25, -0.2) is 4.39 Å². The fourth-order valence-electron chi connectivity index (χ4n) is 2.09. The molecule has 0 aliphatic heterocycles. The molecule has 6 heteroatoms. The molecule has 0 aliphatic carbocycles. The average Bonchev–Trinajstić information content (AvgIpc) is 2.55. The molecule has 0 bridgehead atoms. The highest BCUT2D eigenvalue weighted by Crippen LogP contribution is 2.23. The molecule has 0 spiro atoms. The molecular weight excluding hydrogens is 333 g/mol. The van der Waals surface area contributed by atoms with Crippen molar-refractivity contribution in [3.8, 4) is 5.75 Å². The van der Waals surface area contributed by atoms with Crippen LogP contribution in [-0.4, -0.2) is 24.8 Å². The second-order valence-corrected chi connectivity index (χ2v) is 5.65. The molecule has 2 rings (SSSR count). The van der Waals surface area contributed by atoms with Crippen LogP contribution in [0.25, 0.3) is 0 Å². The summed E-state index contributed by atoms with van der Waals surface area (Å²) >= 11 is 5.85. The van der Waals surface area contributed by atoms with Crippen LogP contribution in [-0.2, 0) is 11.2 Å². The van der Waals surface area contributed by atoms with Gasteiger partial charge in [-0.15, -0.1) is 0 Å². The summed E-state index contributed by atoms with van der Waals surface area (Å²) in [4.78, 5) is 23.4. The molecule has 0 fully saturated rings. The molecule has 126 valence electrons. The van der Waals surface area contributed by atoms with Gasteiger partial charge < -0.3 is 10.1 Å². The van der Waals surface area contributed by atoms with E-state index in [4.69, 9.17) is 16.3 Å². The summed E-state index contributed by atoms with van der Waals surface area (Å²) in [5, 5.41) is 3.13. The molecule has 0 atom stereocenters. The van der Waals surface area contributed by atoms with E-state index in [9.17, 15) is 14.0 Å². The highest BCUT2D eigenvalue weighted by atomic mass is 35.5. The van der Waals surface area contributed by atoms with E-state index in [-0.39, 0.29) is 24.1 Å². The smallest absolute Gasteiger partial charge is 0.257 e. The number of benzene rings is 2. The van der Waals surface area contributed by atoms with E-state index in [1.54, 1.807) is 24.3 Å². The van der Waals surface area contributed by atoms with E-state index < -0.39 is 0 Å². The molecule has 4 nitrogen and oxygen atoms in total. The van der Waals surface area contributed by atoms with Crippen LogP contribution < -0.4 is 10.1 Å². The fourth-order valence-corrected chi connectivity index (χ4v) is 2.27. The SMILES string of the molecule is CC(=O)c1cc(Cl)ccc1OCC(=O)NCCc1ccc(F)cc1. The second-order valence-electron chi connectivity index (χ2n) is 5.21. The average molecular weight is 350 g/mol. The predicted octanol–water partition coefficient (Wildman–Crippen LogP) is 3.42. The molecule has 1 amide bonds. The quantitative estimate of drug-likeness (QED) is 0.779. The van der Waals surface area contributed by atoms with Crippen LogP contribution in [0.2, 0.25) is 5.02 Å². The van der Waals surface area contributed by atoms with Gasteiger partial charge >= 0.3 is 0 Å². The lowest BCUT2D eigenvalue weighted by Gasteiger charge is -2.10. The molecule has 0 unspecified atom stereocenters. The molecule has 0 radical (unpaired) electrons. The molecule has 2 aromatic carbocycles. The van der Waals surface area contributed by atoms with Gasteiger partial charge in [-0.1, -0.05) is 23.7 Å². The minimum Gasteiger partial charge on any atom is -0.483 e. The van der Waals surface area contributed by atoms with E-state index in [2.05, 4.69) is 5.32 Å². The lowest BCUT2D eigenvalue weighted by Crippen LogP contribution is -2.30. The van der Waals surface area contributed by atoms with Crippen molar-refractivity contribution in [2.24, 2.45) is 0 Å². The topological polar surface area (TPSA) is 55.4 Å². The molecule has 1 N–H and O–H groups in total. The zero-order chi connectivity index (χ0) is 17.5. The number of halogens is 2. The van der Waals surface area contributed by atoms with Crippen molar-refractivity contribution < 1.29 is 18.7 Å². The zero-order valence-electron chi connectivity index (χ0n) is 13.1. The summed E-state index contributed by atoms with van der Waals surface area (Å²) in [5.74, 6) is -0.466. The van der Waals surface area contributed by atoms with Gasteiger partial charge in [0.1, 0.15) is 11.6 Å². The van der Waals surface area contributed by atoms with Crippen LogP contribution in [0, 0.1) is 5.82 Å². The van der Waals surface area contributed by atoms with Gasteiger partial charge in [0.2, 0.25) is 0 Å². The van der Waals surface area contributed by atoms with Gasteiger partial charge in [0, 0.05) is 11.6 Å². The predicted molar refractivity (Wildman–Crippen MR) is 90.1 cm³/mol. The summed E-state index contributed by atoms with van der Waals surface area (Å²) < 4.78 is 18.2. The number of hydrogen-bond donors (Lipinski definition) is 1. The van der Waals surface area contributed by atoms with E-state index >= 15 is 0 Å². The fraction of sp³-hybridized carbons (Fsp3) is 0.222. The van der Waals surface area contributed by atoms with Gasteiger partial charge in [0.05, 0.1) is 5.56 Å². The first kappa shape index (κ1) is 17.9. The number of nitrogens with one attached hydrogen (secondary N) is 1. The summed E-state index contributed by atoms with van der Waals surface area (Å²) in [6.45, 7) is 1.61. The van der Waals surface area contributed by atoms with E-state index in [0.29, 0.717) is 29.3 Å². The number of ketones is 1. The Labute approximate surface area is 144 Å². The Morgan fingerprint density at radius 2 is 1.88 bits per heavy atom. The van der Waals surface area contributed by atoms with E-state index in [1.165, 1.54) is 25.1 Å². The largest absolute Gasteiger partial charge is 0.483 e. The first-order chi connectivity index (χ1) is 11.5. The third-order valence-electron chi connectivity index (χ3n) is 3.33. The molecule has 0 aliphatic rings. The van der Waals surface area contributed by atoms with Crippen molar-refractivity contribution in [2.45, 2.75) is 13.3 Å². The Hall–Kier alpha value is -2.40. The summed E-state index contributed by atoms with van der Waals surface area (Å²) in [7, 11) is 0. The van der Waals surface area contributed by atoms with Crippen LogP contribution in [0.5, 0.6) is 5.75 Å². The van der Waals surface area contributed by atoms with Gasteiger partial charge in [0.15, 0.2) is 12.4 Å². The molecule has 0 saturated carbocycles. The lowest BCUT2D eigenvalue weighted by atomic mass is 10.1. The summed E-state index contributed by atoms with van der Waals surface area (Å²) in [6, 6.07) is 10.8. The standard InChI is InChI=1S/C18H17ClFNO3/c1-12(22)16-10-14(19)4-7-17(16)24-11-18(23)21-9-8-13-2-5-15(20)6-3-13/h2-7,10H,8-9,11H2,1H3,(H,21,23). The van der Waals surface area contributed by atoms with Crippen LogP contribution in [0.4, 0.5) is 4.39 Å². The molecule has 0 aromatic heterocycles. The lowest BCUT2D eigenvalue weighted by molar-refractivity contribution is -0.123. The Morgan fingerprint density at radius 3 is 2.54 bits per heavy atom. The number of carbonyl (C=O) groups is 2. The minimum absolute atomic E-state index is 0.191. The number of amides is 1. The van der Waals surface area contributed by atoms with Gasteiger partial charge in [-0.05, 0) is 49.2 Å². The van der Waals surface area contributed by atoms with Crippen LogP contribution >= 0.6 is 11.6 Å². The molecule has 24 heavy (non-hydrogen) atoms. The minimum atomic E-state index is -0.304. The van der Waals surface area contributed by atoms with Crippen LogP contribution in [0.3, 0.4) is 0 Å². The maximum Gasteiger partial charge on any atom is 0.257 e. The van der Waals surface area contributed by atoms with Gasteiger partial charge in [-0.3, -0.25) is 9.59 Å². The van der Waals surface area contributed by atoms with Crippen LogP contribution in [0.1, 0.15) is 22.8 Å². The van der Waals surface area contributed by atoms with Crippen molar-refractivity contribution in [1.82, 2.24) is 5.32 Å². The maximum absolute atomic E-state index is 12.8. The van der Waals surface area contributed by atoms with Crippen molar-refractivity contribution >= 4 is 23.3 Å². The van der Waals surface area contributed by atoms with Crippen molar-refractivity contribution in [3.63, 3.8) is 0 Å². The Morgan fingerprint density at radius 1 is 1.17 bits per heavy atom. The number of hydrogen-bond acceptors (Lipinski definition) is 3. The maximum atomic E-state index is 12.8. The van der Waals surface area contributed by atoms with Gasteiger partial charge in [0.25, 0.3) is 5.91 Å². The third-order valence-corrected chi connectivity index (χ3v) is 3.56. The van der Waals surface area contributed by atoms with E-state index in [0.717, 1.165) is 5.56 Å². The van der Waals surface area contributed by atoms with E-state index in [1.807, 2.05) is 0 Å². The second kappa shape index (κ2) is 8.45. The highest BCUT2D eigenvalue weighted by Gasteiger charge is 2.11. The first-order valence-electron chi connectivity index (χ1n) is 7.40. The normalized spacial score (nSPS) is 10.3. The van der Waals surface area contributed by atoms with Crippen LogP contribution in [0.15, 0.2) is 42.5 Å². The Kier molecular flexibility index (Phi) is 6.32. The summed E-state index contributed by atoms with van der Waals surface area (Å²) in [6.07, 6.45) is 0.589. The number of rotatable bonds is 7. The molecule has 2 aromatic rings. The first-order valence-corrected chi connectivity index (χ1v) is 7.78. The number of carbonyl (C=O) groups excluding carboxylic acids is 2. The molecule has 0 heterocycles. The molecule has 0 saturated heterocycles. The highest BCUT2D eigenvalue weighted by molar-refractivity contribution is 6.31. The Bertz CT molecular complexity index is 732. The zero-order valence-corrected chi connectivity index (χ0v) is 13.9. The third kappa shape index (κ3) is 5.35. The number of ether oxygens (including phenoxy) is 1.